The number of para-hydroxylation sites is 1. The molecule has 2 nitrogen and oxygen atoms in total. The van der Waals surface area contributed by atoms with Crippen molar-refractivity contribution in [1.82, 2.24) is 0 Å². The summed E-state index contributed by atoms with van der Waals surface area (Å²) in [5.74, 6) is 1.26. The van der Waals surface area contributed by atoms with Crippen molar-refractivity contribution in [1.29, 1.82) is 0 Å². The molecule has 0 radical (unpaired) electrons. The van der Waals surface area contributed by atoms with Gasteiger partial charge < -0.3 is 9.80 Å². The van der Waals surface area contributed by atoms with E-state index in [4.69, 9.17) is 0 Å². The van der Waals surface area contributed by atoms with E-state index in [0.29, 0.717) is 35.8 Å². The monoisotopic (exact) mass is 456 g/mol. The lowest BCUT2D eigenvalue weighted by Crippen LogP contribution is -2.65. The van der Waals surface area contributed by atoms with Gasteiger partial charge in [-0.1, -0.05) is 74.8 Å². The smallest absolute Gasteiger partial charge is 0.196 e. The van der Waals surface area contributed by atoms with Gasteiger partial charge in [-0.05, 0) is 72.6 Å². The van der Waals surface area contributed by atoms with Gasteiger partial charge in [-0.3, -0.25) is 0 Å². The molecule has 2 aromatic rings. The first-order valence-corrected chi connectivity index (χ1v) is 14.0. The van der Waals surface area contributed by atoms with Crippen LogP contribution in [0.5, 0.6) is 0 Å². The summed E-state index contributed by atoms with van der Waals surface area (Å²) in [7, 11) is 0. The molecule has 3 heteroatoms. The van der Waals surface area contributed by atoms with Crippen molar-refractivity contribution in [3.63, 3.8) is 0 Å². The zero-order valence-electron chi connectivity index (χ0n) is 20.9. The second kappa shape index (κ2) is 6.17. The highest BCUT2D eigenvalue weighted by Gasteiger charge is 2.67. The van der Waals surface area contributed by atoms with Crippen LogP contribution in [0.2, 0.25) is 11.6 Å². The lowest BCUT2D eigenvalue weighted by Gasteiger charge is -2.57. The Labute approximate surface area is 209 Å². The van der Waals surface area contributed by atoms with Crippen LogP contribution in [0.4, 0.5) is 17.1 Å². The Kier molecular flexibility index (Phi) is 3.44. The fourth-order valence-corrected chi connectivity index (χ4v) is 10.2. The minimum atomic E-state index is 0.220. The number of hydrogen-bond donors (Lipinski definition) is 0. The standard InChI is InChI=1S/C32H33BN2/c1-31-18-5-6-19-32(31,2)35-27-17-9-16-26-28(27)33(24-14-8-12-22(31)30(24)35)23-13-7-11-21-20-10-3-4-15-25(20)34(26)29(21)23/h3-4,7,9-13,15-17,23-24,29-30H,5-6,8,14,18-19H2,1-2H3. The highest BCUT2D eigenvalue weighted by molar-refractivity contribution is 6.81. The Morgan fingerprint density at radius 3 is 2.69 bits per heavy atom. The van der Waals surface area contributed by atoms with Crippen LogP contribution in [-0.2, 0) is 0 Å². The summed E-state index contributed by atoms with van der Waals surface area (Å²) in [6.45, 7) is 5.86. The summed E-state index contributed by atoms with van der Waals surface area (Å²) < 4.78 is 0. The van der Waals surface area contributed by atoms with Gasteiger partial charge in [0.2, 0.25) is 0 Å². The average molecular weight is 456 g/mol. The number of benzene rings is 2. The van der Waals surface area contributed by atoms with Gasteiger partial charge in [0.25, 0.3) is 0 Å². The van der Waals surface area contributed by atoms with Crippen molar-refractivity contribution in [3.05, 3.63) is 77.9 Å². The molecule has 0 aromatic heterocycles. The zero-order chi connectivity index (χ0) is 23.1. The van der Waals surface area contributed by atoms with Crippen molar-refractivity contribution in [3.8, 4) is 0 Å². The van der Waals surface area contributed by atoms with E-state index in [0.717, 1.165) is 0 Å². The van der Waals surface area contributed by atoms with Crippen molar-refractivity contribution in [2.24, 2.45) is 5.41 Å². The van der Waals surface area contributed by atoms with Crippen LogP contribution in [0.15, 0.2) is 72.3 Å². The van der Waals surface area contributed by atoms with Gasteiger partial charge in [0, 0.05) is 39.6 Å². The van der Waals surface area contributed by atoms with Gasteiger partial charge >= 0.3 is 0 Å². The van der Waals surface area contributed by atoms with Crippen molar-refractivity contribution in [2.75, 3.05) is 9.80 Å². The second-order valence-corrected chi connectivity index (χ2v) is 12.7. The first-order valence-electron chi connectivity index (χ1n) is 14.0. The second-order valence-electron chi connectivity index (χ2n) is 12.7. The normalized spacial score (nSPS) is 38.7. The molecule has 7 aliphatic rings. The maximum Gasteiger partial charge on any atom is 0.196 e. The number of nitrogens with zero attached hydrogens (tertiary/aromatic N) is 2. The fraction of sp³-hybridized carbons (Fsp3) is 0.438. The quantitative estimate of drug-likeness (QED) is 0.315. The molecule has 0 N–H and O–H groups in total. The Morgan fingerprint density at radius 1 is 0.914 bits per heavy atom. The predicted octanol–water partition coefficient (Wildman–Crippen LogP) is 6.88. The van der Waals surface area contributed by atoms with Gasteiger partial charge in [-0.25, -0.2) is 0 Å². The van der Waals surface area contributed by atoms with Gasteiger partial charge in [0.05, 0.1) is 6.04 Å². The molecule has 2 fully saturated rings. The SMILES string of the molecule is CC12CCCCC1(C)N1c3cccc4c3B(C3C=CC=C5c6ccccc6N4C53)C3CCC=C2C31. The van der Waals surface area contributed by atoms with Gasteiger partial charge in [-0.2, -0.15) is 0 Å². The van der Waals surface area contributed by atoms with Crippen molar-refractivity contribution >= 4 is 34.8 Å². The molecule has 0 amide bonds. The molecule has 35 heavy (non-hydrogen) atoms. The molecule has 6 atom stereocenters. The van der Waals surface area contributed by atoms with Gasteiger partial charge in [0.15, 0.2) is 6.71 Å². The predicted molar refractivity (Wildman–Crippen MR) is 147 cm³/mol. The summed E-state index contributed by atoms with van der Waals surface area (Å²) >= 11 is 0. The largest absolute Gasteiger partial charge is 0.359 e. The summed E-state index contributed by atoms with van der Waals surface area (Å²) in [4.78, 5) is 5.71. The van der Waals surface area contributed by atoms with E-state index in [2.05, 4.69) is 90.4 Å². The van der Waals surface area contributed by atoms with Crippen LogP contribution in [0.1, 0.15) is 57.9 Å². The highest BCUT2D eigenvalue weighted by atomic mass is 15.3. The number of anilines is 3. The number of allylic oxidation sites excluding steroid dienone is 3. The first kappa shape index (κ1) is 19.5. The lowest BCUT2D eigenvalue weighted by molar-refractivity contribution is 0.159. The first-order chi connectivity index (χ1) is 17.1. The van der Waals surface area contributed by atoms with Crippen LogP contribution < -0.4 is 15.3 Å². The third kappa shape index (κ3) is 1.99. The van der Waals surface area contributed by atoms with E-state index in [1.54, 1.807) is 16.7 Å². The van der Waals surface area contributed by atoms with Crippen LogP contribution in [0, 0.1) is 5.41 Å². The Bertz CT molecular complexity index is 1400. The van der Waals surface area contributed by atoms with E-state index in [1.165, 1.54) is 61.0 Å². The molecule has 1 saturated heterocycles. The van der Waals surface area contributed by atoms with Crippen LogP contribution in [-0.4, -0.2) is 24.3 Å². The van der Waals surface area contributed by atoms with E-state index in [9.17, 15) is 0 Å². The summed E-state index contributed by atoms with van der Waals surface area (Å²) in [6.07, 6.45) is 18.1. The molecule has 174 valence electrons. The van der Waals surface area contributed by atoms with Crippen molar-refractivity contribution in [2.45, 2.75) is 81.6 Å². The number of fused-ring (bicyclic) bond motifs is 10. The average Bonchev–Trinajstić information content (AvgIpc) is 3.33. The third-order valence-electron chi connectivity index (χ3n) is 11.6. The molecular weight excluding hydrogens is 423 g/mol. The molecular formula is C32H33BN2. The molecule has 4 aliphatic heterocycles. The fourth-order valence-electron chi connectivity index (χ4n) is 10.2. The van der Waals surface area contributed by atoms with E-state index < -0.39 is 0 Å². The third-order valence-corrected chi connectivity index (χ3v) is 11.6. The van der Waals surface area contributed by atoms with Crippen LogP contribution >= 0.6 is 0 Å². The molecule has 1 saturated carbocycles. The number of hydrogen-bond acceptors (Lipinski definition) is 2. The molecule has 9 rings (SSSR count). The van der Waals surface area contributed by atoms with Gasteiger partial charge in [0.1, 0.15) is 0 Å². The Morgan fingerprint density at radius 2 is 1.74 bits per heavy atom. The lowest BCUT2D eigenvalue weighted by atomic mass is 9.24. The van der Waals surface area contributed by atoms with Crippen molar-refractivity contribution < 1.29 is 0 Å². The van der Waals surface area contributed by atoms with Crippen LogP contribution in [0.3, 0.4) is 0 Å². The minimum Gasteiger partial charge on any atom is -0.359 e. The molecule has 6 unspecified atom stereocenters. The topological polar surface area (TPSA) is 6.48 Å². The molecule has 0 bridgehead atoms. The Balaban J connectivity index is 1.35. The molecule has 4 heterocycles. The minimum absolute atomic E-state index is 0.220. The number of rotatable bonds is 0. The summed E-state index contributed by atoms with van der Waals surface area (Å²) in [5.41, 5.74) is 11.4. The van der Waals surface area contributed by atoms with E-state index in [-0.39, 0.29) is 5.54 Å². The van der Waals surface area contributed by atoms with E-state index in [1.807, 2.05) is 0 Å². The highest BCUT2D eigenvalue weighted by Crippen LogP contribution is 2.67. The maximum absolute atomic E-state index is 2.99. The Hall–Kier alpha value is -2.68. The molecule has 2 aromatic carbocycles. The van der Waals surface area contributed by atoms with Gasteiger partial charge in [-0.15, -0.1) is 0 Å². The summed E-state index contributed by atoms with van der Waals surface area (Å²) in [5, 5.41) is 0. The summed E-state index contributed by atoms with van der Waals surface area (Å²) in [6, 6.07) is 17.5. The molecule has 3 aliphatic carbocycles. The van der Waals surface area contributed by atoms with Crippen LogP contribution in [0.25, 0.3) is 5.57 Å². The van der Waals surface area contributed by atoms with E-state index >= 15 is 0 Å². The maximum atomic E-state index is 2.99. The molecule has 0 spiro atoms. The zero-order valence-corrected chi connectivity index (χ0v) is 20.9.